The second-order valence-corrected chi connectivity index (χ2v) is 4.30. The summed E-state index contributed by atoms with van der Waals surface area (Å²) in [6.07, 6.45) is 8.84. The van der Waals surface area contributed by atoms with Crippen LogP contribution in [0.25, 0.3) is 0 Å². The van der Waals surface area contributed by atoms with E-state index in [0.29, 0.717) is 0 Å². The van der Waals surface area contributed by atoms with Crippen LogP contribution < -0.4 is 0 Å². The molecule has 0 N–H and O–H groups in total. The monoisotopic (exact) mass is 225 g/mol. The Morgan fingerprint density at radius 1 is 1.07 bits per heavy atom. The average molecular weight is 226 g/mol. The molecule has 15 heavy (non-hydrogen) atoms. The molecule has 1 aromatic rings. The van der Waals surface area contributed by atoms with Gasteiger partial charge in [0.25, 0.3) is 0 Å². The van der Waals surface area contributed by atoms with Crippen LogP contribution in [0, 0.1) is 0 Å². The number of hydrogen-bond acceptors (Lipinski definition) is 3. The maximum Gasteiger partial charge on any atom is 0.148 e. The first-order chi connectivity index (χ1) is 6.92. The lowest BCUT2D eigenvalue weighted by Gasteiger charge is -2.29. The van der Waals surface area contributed by atoms with Crippen LogP contribution in [0.1, 0.15) is 31.5 Å². The quantitative estimate of drug-likeness (QED) is 0.732. The Morgan fingerprint density at radius 3 is 2.27 bits per heavy atom. The van der Waals surface area contributed by atoms with Crippen molar-refractivity contribution in [2.45, 2.75) is 31.2 Å². The van der Waals surface area contributed by atoms with Gasteiger partial charge in [-0.25, -0.2) is 9.97 Å². The summed E-state index contributed by atoms with van der Waals surface area (Å²) in [5.74, 6) is 1.05. The highest BCUT2D eigenvalue weighted by atomic mass is 35.5. The Bertz CT molecular complexity index is 318. The van der Waals surface area contributed by atoms with Crippen LogP contribution in [-0.2, 0) is 5.54 Å². The van der Waals surface area contributed by atoms with E-state index in [-0.39, 0.29) is 17.9 Å². The highest BCUT2D eigenvalue weighted by molar-refractivity contribution is 5.85. The van der Waals surface area contributed by atoms with Crippen molar-refractivity contribution in [2.75, 3.05) is 13.1 Å². The largest absolute Gasteiger partial charge is 0.291 e. The molecular formula is C11H16ClN3. The van der Waals surface area contributed by atoms with E-state index in [2.05, 4.69) is 14.9 Å². The fraction of sp³-hybridized carbons (Fsp3) is 0.636. The van der Waals surface area contributed by atoms with Crippen LogP contribution >= 0.6 is 12.4 Å². The molecule has 2 aliphatic rings. The molecule has 0 aliphatic carbocycles. The van der Waals surface area contributed by atoms with Gasteiger partial charge in [-0.2, -0.15) is 0 Å². The second kappa shape index (κ2) is 4.06. The van der Waals surface area contributed by atoms with Crippen LogP contribution in [0.5, 0.6) is 0 Å². The molecular weight excluding hydrogens is 210 g/mol. The number of rotatable bonds is 1. The standard InChI is InChI=1S/C11H15N3.ClH/c1-4-11(5-2-9-14(11)8-1)10-12-6-3-7-13-10;/h3,6-7H,1-2,4-5,8-9H2;1H. The van der Waals surface area contributed by atoms with Gasteiger partial charge in [0.2, 0.25) is 0 Å². The van der Waals surface area contributed by atoms with Crippen molar-refractivity contribution in [2.24, 2.45) is 0 Å². The minimum absolute atomic E-state index is 0. The van der Waals surface area contributed by atoms with Gasteiger partial charge in [-0.05, 0) is 44.8 Å². The molecule has 0 bridgehead atoms. The summed E-state index contributed by atoms with van der Waals surface area (Å²) in [5.41, 5.74) is 0.210. The van der Waals surface area contributed by atoms with Crippen molar-refractivity contribution >= 4 is 12.4 Å². The maximum absolute atomic E-state index is 4.44. The Hall–Kier alpha value is -0.670. The smallest absolute Gasteiger partial charge is 0.148 e. The van der Waals surface area contributed by atoms with Gasteiger partial charge in [-0.3, -0.25) is 4.90 Å². The summed E-state index contributed by atoms with van der Waals surface area (Å²) in [4.78, 5) is 11.5. The predicted molar refractivity (Wildman–Crippen MR) is 61.0 cm³/mol. The van der Waals surface area contributed by atoms with Crippen molar-refractivity contribution in [3.05, 3.63) is 24.3 Å². The molecule has 3 nitrogen and oxygen atoms in total. The van der Waals surface area contributed by atoms with Crippen molar-refractivity contribution in [3.8, 4) is 0 Å². The van der Waals surface area contributed by atoms with Crippen molar-refractivity contribution < 1.29 is 0 Å². The van der Waals surface area contributed by atoms with Gasteiger partial charge >= 0.3 is 0 Å². The molecule has 3 rings (SSSR count). The van der Waals surface area contributed by atoms with Crippen molar-refractivity contribution in [1.29, 1.82) is 0 Å². The molecule has 0 atom stereocenters. The molecule has 82 valence electrons. The van der Waals surface area contributed by atoms with Gasteiger partial charge < -0.3 is 0 Å². The predicted octanol–water partition coefficient (Wildman–Crippen LogP) is 1.98. The van der Waals surface area contributed by atoms with Crippen LogP contribution in [0.3, 0.4) is 0 Å². The lowest BCUT2D eigenvalue weighted by Crippen LogP contribution is -2.36. The Kier molecular flexibility index (Phi) is 2.94. The zero-order valence-electron chi connectivity index (χ0n) is 8.72. The maximum atomic E-state index is 4.44. The SMILES string of the molecule is Cl.c1cnc(C23CCCN2CCC3)nc1. The first-order valence-corrected chi connectivity index (χ1v) is 5.44. The fourth-order valence-corrected chi connectivity index (χ4v) is 3.01. The van der Waals surface area contributed by atoms with Crippen LogP contribution in [-0.4, -0.2) is 28.0 Å². The molecule has 3 heterocycles. The lowest BCUT2D eigenvalue weighted by molar-refractivity contribution is 0.185. The first kappa shape index (κ1) is 10.8. The van der Waals surface area contributed by atoms with E-state index in [1.165, 1.54) is 38.8 Å². The van der Waals surface area contributed by atoms with Crippen molar-refractivity contribution in [3.63, 3.8) is 0 Å². The molecule has 1 aromatic heterocycles. The number of aromatic nitrogens is 2. The van der Waals surface area contributed by atoms with Gasteiger partial charge in [0.1, 0.15) is 5.82 Å². The van der Waals surface area contributed by atoms with E-state index < -0.39 is 0 Å². The van der Waals surface area contributed by atoms with E-state index in [9.17, 15) is 0 Å². The summed E-state index contributed by atoms with van der Waals surface area (Å²) >= 11 is 0. The van der Waals surface area contributed by atoms with Crippen molar-refractivity contribution in [1.82, 2.24) is 14.9 Å². The zero-order valence-corrected chi connectivity index (χ0v) is 9.54. The van der Waals surface area contributed by atoms with E-state index in [1.54, 1.807) is 0 Å². The molecule has 0 aromatic carbocycles. The summed E-state index contributed by atoms with van der Waals surface area (Å²) in [6, 6.07) is 1.90. The molecule has 2 fully saturated rings. The minimum Gasteiger partial charge on any atom is -0.291 e. The molecule has 2 saturated heterocycles. The molecule has 4 heteroatoms. The first-order valence-electron chi connectivity index (χ1n) is 5.44. The number of hydrogen-bond donors (Lipinski definition) is 0. The third-order valence-electron chi connectivity index (χ3n) is 3.62. The van der Waals surface area contributed by atoms with Crippen LogP contribution in [0.4, 0.5) is 0 Å². The summed E-state index contributed by atoms with van der Waals surface area (Å²) in [5, 5.41) is 0. The van der Waals surface area contributed by atoms with E-state index in [0.717, 1.165) is 5.82 Å². The molecule has 0 spiro atoms. The molecule has 0 unspecified atom stereocenters. The van der Waals surface area contributed by atoms with Gasteiger partial charge in [-0.1, -0.05) is 0 Å². The van der Waals surface area contributed by atoms with E-state index >= 15 is 0 Å². The Balaban J connectivity index is 0.000000853. The van der Waals surface area contributed by atoms with Gasteiger partial charge in [0, 0.05) is 12.4 Å². The molecule has 0 radical (unpaired) electrons. The fourth-order valence-electron chi connectivity index (χ4n) is 3.01. The zero-order chi connectivity index (χ0) is 9.43. The summed E-state index contributed by atoms with van der Waals surface area (Å²) < 4.78 is 0. The Morgan fingerprint density at radius 2 is 1.67 bits per heavy atom. The summed E-state index contributed by atoms with van der Waals surface area (Å²) in [7, 11) is 0. The third-order valence-corrected chi connectivity index (χ3v) is 3.62. The number of halogens is 1. The number of fused-ring (bicyclic) bond motifs is 1. The summed E-state index contributed by atoms with van der Waals surface area (Å²) in [6.45, 7) is 2.47. The minimum atomic E-state index is 0. The highest BCUT2D eigenvalue weighted by Gasteiger charge is 2.47. The van der Waals surface area contributed by atoms with Gasteiger partial charge in [-0.15, -0.1) is 12.4 Å². The topological polar surface area (TPSA) is 29.0 Å². The van der Waals surface area contributed by atoms with Gasteiger partial charge in [0.05, 0.1) is 5.54 Å². The highest BCUT2D eigenvalue weighted by Crippen LogP contribution is 2.44. The van der Waals surface area contributed by atoms with Crippen LogP contribution in [0.15, 0.2) is 18.5 Å². The Labute approximate surface area is 96.3 Å². The second-order valence-electron chi connectivity index (χ2n) is 4.30. The molecule has 2 aliphatic heterocycles. The molecule has 0 saturated carbocycles. The lowest BCUT2D eigenvalue weighted by atomic mass is 9.93. The van der Waals surface area contributed by atoms with Crippen LogP contribution in [0.2, 0.25) is 0 Å². The van der Waals surface area contributed by atoms with Gasteiger partial charge in [0.15, 0.2) is 0 Å². The number of nitrogens with zero attached hydrogens (tertiary/aromatic N) is 3. The van der Waals surface area contributed by atoms with E-state index in [4.69, 9.17) is 0 Å². The molecule has 0 amide bonds. The third kappa shape index (κ3) is 1.54. The van der Waals surface area contributed by atoms with E-state index in [1.807, 2.05) is 18.5 Å². The average Bonchev–Trinajstić information content (AvgIpc) is 2.77. The normalized spacial score (nSPS) is 23.5.